The highest BCUT2D eigenvalue weighted by molar-refractivity contribution is 7.99. The molecule has 1 atom stereocenters. The molecule has 1 N–H and O–H groups in total. The van der Waals surface area contributed by atoms with Gasteiger partial charge in [-0.25, -0.2) is 4.98 Å². The second-order valence-electron chi connectivity index (χ2n) is 9.99. The van der Waals surface area contributed by atoms with E-state index in [1.54, 1.807) is 7.11 Å². The first-order valence-electron chi connectivity index (χ1n) is 12.5. The fourth-order valence-electron chi connectivity index (χ4n) is 3.96. The van der Waals surface area contributed by atoms with Crippen molar-refractivity contribution in [1.82, 2.24) is 4.98 Å². The summed E-state index contributed by atoms with van der Waals surface area (Å²) in [4.78, 5) is 4.83. The summed E-state index contributed by atoms with van der Waals surface area (Å²) >= 11 is 1.36. The molecule has 3 aromatic carbocycles. The number of rotatable bonds is 9. The molecule has 1 unspecified atom stereocenters. The van der Waals surface area contributed by atoms with Gasteiger partial charge in [0, 0.05) is 16.9 Å². The zero-order chi connectivity index (χ0) is 27.1. The molecule has 4 aromatic rings. The van der Waals surface area contributed by atoms with Gasteiger partial charge in [-0.15, -0.1) is 11.8 Å². The molecule has 0 aliphatic carbocycles. The van der Waals surface area contributed by atoms with Gasteiger partial charge in [-0.2, -0.15) is 5.26 Å². The van der Waals surface area contributed by atoms with Gasteiger partial charge >= 0.3 is 0 Å². The van der Waals surface area contributed by atoms with Crippen LogP contribution >= 0.6 is 11.8 Å². The van der Waals surface area contributed by atoms with Gasteiger partial charge in [-0.05, 0) is 59.0 Å². The molecule has 0 saturated heterocycles. The summed E-state index contributed by atoms with van der Waals surface area (Å²) in [6, 6.07) is 29.7. The lowest BCUT2D eigenvalue weighted by Gasteiger charge is -2.19. The molecule has 1 heterocycles. The predicted octanol–water partition coefficient (Wildman–Crippen LogP) is 7.13. The molecule has 5 nitrogen and oxygen atoms in total. The maximum atomic E-state index is 10.7. The first kappa shape index (κ1) is 27.3. The van der Waals surface area contributed by atoms with Crippen LogP contribution in [0.4, 0.5) is 0 Å². The van der Waals surface area contributed by atoms with Crippen LogP contribution in [0.1, 0.15) is 31.9 Å². The van der Waals surface area contributed by atoms with Crippen molar-refractivity contribution in [3.8, 4) is 40.0 Å². The van der Waals surface area contributed by atoms with Crippen LogP contribution in [-0.2, 0) is 5.41 Å². The Balaban J connectivity index is 1.54. The third-order valence-electron chi connectivity index (χ3n) is 6.14. The molecule has 0 amide bonds. The lowest BCUT2D eigenvalue weighted by Crippen LogP contribution is -2.20. The number of hydrogen-bond donors (Lipinski definition) is 1. The molecule has 0 bridgehead atoms. The van der Waals surface area contributed by atoms with Crippen LogP contribution in [0.2, 0.25) is 0 Å². The highest BCUT2D eigenvalue weighted by atomic mass is 32.2. The van der Waals surface area contributed by atoms with Gasteiger partial charge in [-0.3, -0.25) is 0 Å². The predicted molar refractivity (Wildman–Crippen MR) is 154 cm³/mol. The molecule has 0 saturated carbocycles. The van der Waals surface area contributed by atoms with Crippen molar-refractivity contribution < 1.29 is 14.6 Å². The van der Waals surface area contributed by atoms with Crippen LogP contribution in [0.25, 0.3) is 22.4 Å². The van der Waals surface area contributed by atoms with Crippen LogP contribution in [0.3, 0.4) is 0 Å². The zero-order valence-corrected chi connectivity index (χ0v) is 23.0. The number of pyridine rings is 1. The summed E-state index contributed by atoms with van der Waals surface area (Å²) in [6.45, 7) is 6.65. The van der Waals surface area contributed by atoms with Gasteiger partial charge in [-0.1, -0.05) is 63.2 Å². The van der Waals surface area contributed by atoms with Crippen LogP contribution in [0, 0.1) is 11.3 Å². The Morgan fingerprint density at radius 2 is 1.58 bits per heavy atom. The topological polar surface area (TPSA) is 75.4 Å². The average molecular weight is 525 g/mol. The number of nitrogens with zero attached hydrogens (tertiary/aromatic N) is 2. The standard InChI is InChI=1S/C32H32N2O3S/c1-32(2,3)24-12-16-27(17-13-24)37-20-25(35)21-38-31-29(19-33)28(22-8-6-5-7-9-22)18-30(34-31)23-10-14-26(36-4)15-11-23/h5-18,25,35H,20-21H2,1-4H3. The minimum absolute atomic E-state index is 0.0685. The maximum absolute atomic E-state index is 10.7. The van der Waals surface area contributed by atoms with E-state index in [-0.39, 0.29) is 12.0 Å². The second-order valence-corrected chi connectivity index (χ2v) is 11.0. The monoisotopic (exact) mass is 524 g/mol. The molecule has 0 fully saturated rings. The maximum Gasteiger partial charge on any atom is 0.119 e. The average Bonchev–Trinajstić information content (AvgIpc) is 2.94. The number of benzene rings is 3. The number of aliphatic hydroxyl groups is 1. The van der Waals surface area contributed by atoms with Crippen molar-refractivity contribution >= 4 is 11.8 Å². The number of ether oxygens (including phenoxy) is 2. The minimum atomic E-state index is -0.736. The van der Waals surface area contributed by atoms with Gasteiger partial charge in [0.25, 0.3) is 0 Å². The molecular weight excluding hydrogens is 492 g/mol. The van der Waals surface area contributed by atoms with Gasteiger partial charge in [0.05, 0.1) is 24.5 Å². The number of hydrogen-bond acceptors (Lipinski definition) is 6. The Morgan fingerprint density at radius 1 is 0.921 bits per heavy atom. The highest BCUT2D eigenvalue weighted by Gasteiger charge is 2.18. The molecular formula is C32H32N2O3S. The van der Waals surface area contributed by atoms with Gasteiger partial charge in [0.2, 0.25) is 0 Å². The first-order valence-corrected chi connectivity index (χ1v) is 13.5. The van der Waals surface area contributed by atoms with Crippen LogP contribution < -0.4 is 9.47 Å². The summed E-state index contributed by atoms with van der Waals surface area (Å²) < 4.78 is 11.1. The molecule has 1 aromatic heterocycles. The number of aliphatic hydroxyl groups excluding tert-OH is 1. The molecule has 0 aliphatic heterocycles. The van der Waals surface area contributed by atoms with Gasteiger partial charge in [0.15, 0.2) is 0 Å². The van der Waals surface area contributed by atoms with E-state index < -0.39 is 6.10 Å². The largest absolute Gasteiger partial charge is 0.497 e. The van der Waals surface area contributed by atoms with E-state index in [9.17, 15) is 10.4 Å². The van der Waals surface area contributed by atoms with Crippen molar-refractivity contribution in [2.45, 2.75) is 37.3 Å². The zero-order valence-electron chi connectivity index (χ0n) is 22.1. The van der Waals surface area contributed by atoms with E-state index in [1.807, 2.05) is 72.8 Å². The SMILES string of the molecule is COc1ccc(-c2cc(-c3ccccc3)c(C#N)c(SCC(O)COc3ccc(C(C)(C)C)cc3)n2)cc1. The molecule has 0 aliphatic rings. The van der Waals surface area contributed by atoms with Crippen molar-refractivity contribution in [2.24, 2.45) is 0 Å². The second kappa shape index (κ2) is 12.2. The normalized spacial score (nSPS) is 12.0. The molecule has 0 spiro atoms. The van der Waals surface area contributed by atoms with Crippen LogP contribution in [0.15, 0.2) is 90.0 Å². The van der Waals surface area contributed by atoms with Gasteiger partial charge < -0.3 is 14.6 Å². The quantitative estimate of drug-likeness (QED) is 0.235. The summed E-state index contributed by atoms with van der Waals surface area (Å²) in [5.41, 5.74) is 5.19. The smallest absolute Gasteiger partial charge is 0.119 e. The fourth-order valence-corrected chi connectivity index (χ4v) is 4.87. The van der Waals surface area contributed by atoms with E-state index in [4.69, 9.17) is 14.5 Å². The molecule has 38 heavy (non-hydrogen) atoms. The van der Waals surface area contributed by atoms with E-state index >= 15 is 0 Å². The third-order valence-corrected chi connectivity index (χ3v) is 7.26. The Kier molecular flexibility index (Phi) is 8.73. The first-order chi connectivity index (χ1) is 18.3. The van der Waals surface area contributed by atoms with Gasteiger partial charge in [0.1, 0.15) is 29.2 Å². The van der Waals surface area contributed by atoms with E-state index in [0.29, 0.717) is 22.1 Å². The van der Waals surface area contributed by atoms with Crippen molar-refractivity contribution in [2.75, 3.05) is 19.5 Å². The molecule has 6 heteroatoms. The van der Waals surface area contributed by atoms with Crippen molar-refractivity contribution in [3.63, 3.8) is 0 Å². The summed E-state index contributed by atoms with van der Waals surface area (Å²) in [7, 11) is 1.63. The lowest BCUT2D eigenvalue weighted by atomic mass is 9.87. The molecule has 0 radical (unpaired) electrons. The number of thioether (sulfide) groups is 1. The Hall–Kier alpha value is -3.79. The minimum Gasteiger partial charge on any atom is -0.497 e. The highest BCUT2D eigenvalue weighted by Crippen LogP contribution is 2.35. The summed E-state index contributed by atoms with van der Waals surface area (Å²) in [5, 5.41) is 21.3. The number of aromatic nitrogens is 1. The fraction of sp³-hybridized carbons (Fsp3) is 0.250. The van der Waals surface area contributed by atoms with Crippen LogP contribution in [-0.4, -0.2) is 35.7 Å². The Labute approximate surface area is 229 Å². The Bertz CT molecular complexity index is 1390. The van der Waals surface area contributed by atoms with Crippen molar-refractivity contribution in [1.29, 1.82) is 5.26 Å². The lowest BCUT2D eigenvalue weighted by molar-refractivity contribution is 0.126. The number of nitriles is 1. The van der Waals surface area contributed by atoms with Crippen LogP contribution in [0.5, 0.6) is 11.5 Å². The summed E-state index contributed by atoms with van der Waals surface area (Å²) in [6.07, 6.45) is -0.736. The van der Waals surface area contributed by atoms with E-state index in [0.717, 1.165) is 28.1 Å². The van der Waals surface area contributed by atoms with E-state index in [2.05, 4.69) is 39.0 Å². The van der Waals surface area contributed by atoms with Crippen molar-refractivity contribution in [3.05, 3.63) is 96.1 Å². The molecule has 194 valence electrons. The Morgan fingerprint density at radius 3 is 2.18 bits per heavy atom. The summed E-state index contributed by atoms with van der Waals surface area (Å²) in [5.74, 6) is 1.81. The van der Waals surface area contributed by atoms with E-state index in [1.165, 1.54) is 17.3 Å². The molecule has 4 rings (SSSR count). The number of methoxy groups -OCH3 is 1. The third kappa shape index (κ3) is 6.74.